The van der Waals surface area contributed by atoms with E-state index in [0.29, 0.717) is 0 Å². The number of rotatable bonds is 10. The molecule has 0 bridgehead atoms. The van der Waals surface area contributed by atoms with Crippen LogP contribution in [-0.2, 0) is 10.1 Å². The van der Waals surface area contributed by atoms with E-state index in [0.717, 1.165) is 0 Å². The Hall–Kier alpha value is 0.0700. The van der Waals surface area contributed by atoms with Crippen LogP contribution in [0.25, 0.3) is 0 Å². The zero-order valence-corrected chi connectivity index (χ0v) is 16.8. The molecule has 0 amide bonds. The minimum Gasteiger partial charge on any atom is -0.743 e. The molecule has 0 unspecified atom stereocenters. The van der Waals surface area contributed by atoms with Crippen molar-refractivity contribution in [3.05, 3.63) is 0 Å². The van der Waals surface area contributed by atoms with Gasteiger partial charge in [0.25, 0.3) is 0 Å². The standard InChI is InChI=1S/C11H12F12O3S.Na/c1-2-3-4-5-6(12,13)7(14,15)8(16,17)9(18,19)10(20,21)11(22,23)27(24,25)26;/h2-5H2,1H3,(H,24,25,26);/q;+1/p-1. The third kappa shape index (κ3) is 4.54. The van der Waals surface area contributed by atoms with Crippen LogP contribution in [0, 0.1) is 0 Å². The van der Waals surface area contributed by atoms with Gasteiger partial charge in [0.2, 0.25) is 0 Å². The molecule has 0 aliphatic heterocycles. The van der Waals surface area contributed by atoms with Crippen molar-refractivity contribution < 1.29 is 95.2 Å². The third-order valence-corrected chi connectivity index (χ3v) is 4.30. The van der Waals surface area contributed by atoms with Crippen LogP contribution in [0.3, 0.4) is 0 Å². The Kier molecular flexibility index (Phi) is 9.37. The summed E-state index contributed by atoms with van der Waals surface area (Å²) in [6, 6.07) is 0. The second-order valence-electron chi connectivity index (χ2n) is 5.43. The van der Waals surface area contributed by atoms with Gasteiger partial charge in [-0.3, -0.25) is 0 Å². The Morgan fingerprint density at radius 2 is 1.04 bits per heavy atom. The fourth-order valence-electron chi connectivity index (χ4n) is 1.72. The molecule has 0 saturated carbocycles. The first-order valence-electron chi connectivity index (χ1n) is 6.78. The molecule has 164 valence electrons. The first-order valence-corrected chi connectivity index (χ1v) is 8.19. The second kappa shape index (κ2) is 8.67. The van der Waals surface area contributed by atoms with Crippen LogP contribution in [0.15, 0.2) is 0 Å². The smallest absolute Gasteiger partial charge is 0.743 e. The van der Waals surface area contributed by atoms with E-state index >= 15 is 0 Å². The normalized spacial score (nSPS) is 15.4. The topological polar surface area (TPSA) is 57.2 Å². The summed E-state index contributed by atoms with van der Waals surface area (Å²) in [5, 5.41) is -7.51. The Morgan fingerprint density at radius 1 is 0.679 bits per heavy atom. The average molecular weight is 474 g/mol. The molecule has 0 rings (SSSR count). The van der Waals surface area contributed by atoms with Crippen molar-refractivity contribution in [3.63, 3.8) is 0 Å². The Bertz CT molecular complexity index is 635. The van der Waals surface area contributed by atoms with Crippen molar-refractivity contribution in [2.45, 2.75) is 67.5 Å². The van der Waals surface area contributed by atoms with Gasteiger partial charge in [-0.1, -0.05) is 19.8 Å². The summed E-state index contributed by atoms with van der Waals surface area (Å²) < 4.78 is 188. The van der Waals surface area contributed by atoms with Gasteiger partial charge < -0.3 is 4.55 Å². The van der Waals surface area contributed by atoms with Gasteiger partial charge in [0.15, 0.2) is 10.1 Å². The summed E-state index contributed by atoms with van der Waals surface area (Å²) >= 11 is 0. The first-order chi connectivity index (χ1) is 11.6. The van der Waals surface area contributed by atoms with E-state index in [4.69, 9.17) is 0 Å². The molecule has 0 aliphatic rings. The van der Waals surface area contributed by atoms with Gasteiger partial charge in [-0.05, 0) is 6.42 Å². The van der Waals surface area contributed by atoms with Crippen LogP contribution in [0.4, 0.5) is 52.7 Å². The minimum absolute atomic E-state index is 0. The number of alkyl halides is 12. The van der Waals surface area contributed by atoms with Gasteiger partial charge in [0, 0.05) is 6.42 Å². The van der Waals surface area contributed by atoms with E-state index in [9.17, 15) is 65.7 Å². The summed E-state index contributed by atoms with van der Waals surface area (Å²) in [5.74, 6) is -37.2. The maximum Gasteiger partial charge on any atom is 1.00 e. The van der Waals surface area contributed by atoms with E-state index in [2.05, 4.69) is 0 Å². The summed E-state index contributed by atoms with van der Waals surface area (Å²) in [4.78, 5) is 0. The molecule has 0 saturated heterocycles. The van der Waals surface area contributed by atoms with Gasteiger partial charge in [-0.15, -0.1) is 0 Å². The fourth-order valence-corrected chi connectivity index (χ4v) is 2.16. The van der Waals surface area contributed by atoms with Gasteiger partial charge in [0.1, 0.15) is 0 Å². The predicted molar refractivity (Wildman–Crippen MR) is 63.5 cm³/mol. The molecule has 0 fully saturated rings. The van der Waals surface area contributed by atoms with E-state index in [1.807, 2.05) is 0 Å². The van der Waals surface area contributed by atoms with E-state index in [1.54, 1.807) is 0 Å². The van der Waals surface area contributed by atoms with E-state index in [-0.39, 0.29) is 42.4 Å². The van der Waals surface area contributed by atoms with Crippen LogP contribution in [0.1, 0.15) is 32.6 Å². The van der Waals surface area contributed by atoms with Gasteiger partial charge in [-0.25, -0.2) is 8.42 Å². The van der Waals surface area contributed by atoms with Gasteiger partial charge in [-0.2, -0.15) is 52.7 Å². The third-order valence-electron chi connectivity index (χ3n) is 3.42. The second-order valence-corrected chi connectivity index (χ2v) is 6.85. The number of halogens is 12. The molecular formula is C11H11F12NaO3S. The minimum atomic E-state index is -8.06. The summed E-state index contributed by atoms with van der Waals surface area (Å²) in [5.41, 5.74) is 0. The summed E-state index contributed by atoms with van der Waals surface area (Å²) in [7, 11) is -7.78. The molecule has 0 spiro atoms. The molecule has 28 heavy (non-hydrogen) atoms. The molecule has 0 atom stereocenters. The molecular weight excluding hydrogens is 463 g/mol. The molecule has 0 aromatic carbocycles. The Balaban J connectivity index is 0. The number of unbranched alkanes of at least 4 members (excludes halogenated alkanes) is 2. The molecule has 0 aliphatic carbocycles. The predicted octanol–water partition coefficient (Wildman–Crippen LogP) is 1.89. The molecule has 0 N–H and O–H groups in total. The van der Waals surface area contributed by atoms with Crippen molar-refractivity contribution in [2.75, 3.05) is 0 Å². The fraction of sp³-hybridized carbons (Fsp3) is 1.00. The van der Waals surface area contributed by atoms with Crippen LogP contribution in [0.5, 0.6) is 0 Å². The monoisotopic (exact) mass is 474 g/mol. The Labute approximate surface area is 172 Å². The Morgan fingerprint density at radius 3 is 1.36 bits per heavy atom. The molecule has 0 aromatic rings. The van der Waals surface area contributed by atoms with E-state index < -0.39 is 57.8 Å². The largest absolute Gasteiger partial charge is 1.00 e. The van der Waals surface area contributed by atoms with Gasteiger partial charge in [0.05, 0.1) is 0 Å². The summed E-state index contributed by atoms with van der Waals surface area (Å²) in [6.07, 6.45) is -3.35. The maximum atomic E-state index is 13.3. The van der Waals surface area contributed by atoms with Crippen molar-refractivity contribution in [2.24, 2.45) is 0 Å². The summed E-state index contributed by atoms with van der Waals surface area (Å²) in [6.45, 7) is 1.34. The quantitative estimate of drug-likeness (QED) is 0.210. The zero-order chi connectivity index (χ0) is 22.3. The van der Waals surface area contributed by atoms with E-state index in [1.165, 1.54) is 6.92 Å². The van der Waals surface area contributed by atoms with Crippen molar-refractivity contribution in [1.29, 1.82) is 0 Å². The van der Waals surface area contributed by atoms with Crippen LogP contribution >= 0.6 is 0 Å². The van der Waals surface area contributed by atoms with Crippen molar-refractivity contribution in [3.8, 4) is 0 Å². The number of hydrogen-bond donors (Lipinski definition) is 0. The van der Waals surface area contributed by atoms with Crippen LogP contribution in [0.2, 0.25) is 0 Å². The number of hydrogen-bond acceptors (Lipinski definition) is 3. The first kappa shape index (κ1) is 30.3. The molecule has 0 aromatic heterocycles. The molecule has 0 radical (unpaired) electrons. The SMILES string of the molecule is CCCCCC(F)(F)C(F)(F)C(F)(F)C(F)(F)C(F)(F)C(F)(F)S(=O)(=O)[O-].[Na+]. The maximum absolute atomic E-state index is 13.3. The molecule has 17 heteroatoms. The van der Waals surface area contributed by atoms with Gasteiger partial charge >= 0.3 is 64.4 Å². The zero-order valence-electron chi connectivity index (χ0n) is 14.0. The van der Waals surface area contributed by atoms with Crippen molar-refractivity contribution >= 4 is 10.1 Å². The average Bonchev–Trinajstić information content (AvgIpc) is 2.45. The molecule has 3 nitrogen and oxygen atoms in total. The van der Waals surface area contributed by atoms with Crippen molar-refractivity contribution in [1.82, 2.24) is 0 Å². The van der Waals surface area contributed by atoms with Crippen LogP contribution in [-0.4, -0.2) is 47.8 Å². The molecule has 0 heterocycles. The van der Waals surface area contributed by atoms with Crippen LogP contribution < -0.4 is 29.6 Å².